The number of hydrogen-bond donors (Lipinski definition) is 1. The van der Waals surface area contributed by atoms with Crippen molar-refractivity contribution in [3.8, 4) is 5.69 Å². The van der Waals surface area contributed by atoms with Crippen LogP contribution in [0.5, 0.6) is 0 Å². The fourth-order valence-corrected chi connectivity index (χ4v) is 1.65. The Labute approximate surface area is 113 Å². The lowest BCUT2D eigenvalue weighted by atomic mass is 10.2. The monoisotopic (exact) mass is 285 g/mol. The van der Waals surface area contributed by atoms with Crippen LogP contribution in [-0.4, -0.2) is 26.8 Å². The first kappa shape index (κ1) is 14.4. The second-order valence-corrected chi connectivity index (χ2v) is 4.76. The first-order valence-electron chi connectivity index (χ1n) is 6.12. The highest BCUT2D eigenvalue weighted by Crippen LogP contribution is 2.16. The number of halogens is 3. The fourth-order valence-electron chi connectivity index (χ4n) is 1.65. The highest BCUT2D eigenvalue weighted by molar-refractivity contribution is 5.33. The first-order valence-corrected chi connectivity index (χ1v) is 6.12. The predicted molar refractivity (Wildman–Crippen MR) is 65.6 cm³/mol. The summed E-state index contributed by atoms with van der Waals surface area (Å²) in [7, 11) is 0. The summed E-state index contributed by atoms with van der Waals surface area (Å²) in [4.78, 5) is 0. The summed E-state index contributed by atoms with van der Waals surface area (Å²) in [5, 5.41) is 14.0. The number of nitrogens with one attached hydrogen (secondary N) is 1. The van der Waals surface area contributed by atoms with E-state index in [-0.39, 0.29) is 5.69 Å². The molecule has 0 spiro atoms. The lowest BCUT2D eigenvalue weighted by molar-refractivity contribution is 0.445. The van der Waals surface area contributed by atoms with Crippen LogP contribution in [0.15, 0.2) is 12.1 Å². The maximum absolute atomic E-state index is 13.2. The molecule has 0 radical (unpaired) electrons. The molecule has 8 heteroatoms. The van der Waals surface area contributed by atoms with E-state index in [1.165, 1.54) is 4.68 Å². The van der Waals surface area contributed by atoms with E-state index in [2.05, 4.69) is 20.8 Å². The second-order valence-electron chi connectivity index (χ2n) is 4.76. The number of benzene rings is 1. The molecule has 1 aromatic carbocycles. The summed E-state index contributed by atoms with van der Waals surface area (Å²) in [5.41, 5.74) is 0.0350. The first-order chi connectivity index (χ1) is 9.49. The molecule has 0 unspecified atom stereocenters. The van der Waals surface area contributed by atoms with Crippen molar-refractivity contribution in [2.45, 2.75) is 20.4 Å². The van der Waals surface area contributed by atoms with Crippen LogP contribution in [-0.2, 0) is 6.54 Å². The normalized spacial score (nSPS) is 11.3. The van der Waals surface area contributed by atoms with Gasteiger partial charge in [-0.3, -0.25) is 0 Å². The molecule has 0 saturated heterocycles. The zero-order valence-electron chi connectivity index (χ0n) is 11.1. The minimum absolute atomic E-state index is 0.0350. The standard InChI is InChI=1S/C12H14F3N5/c1-7(2)5-16-6-11-17-18-19-20(11)8-3-9(13)12(15)10(14)4-8/h3-4,7,16H,5-6H2,1-2H3. The molecule has 108 valence electrons. The van der Waals surface area contributed by atoms with Crippen LogP contribution in [0, 0.1) is 23.4 Å². The van der Waals surface area contributed by atoms with Gasteiger partial charge in [-0.25, -0.2) is 13.2 Å². The summed E-state index contributed by atoms with van der Waals surface area (Å²) in [6.07, 6.45) is 0. The Hall–Kier alpha value is -1.96. The average molecular weight is 285 g/mol. The van der Waals surface area contributed by atoms with Gasteiger partial charge in [-0.05, 0) is 22.9 Å². The molecule has 0 atom stereocenters. The highest BCUT2D eigenvalue weighted by atomic mass is 19.2. The molecule has 0 bridgehead atoms. The molecular weight excluding hydrogens is 271 g/mol. The van der Waals surface area contributed by atoms with Gasteiger partial charge in [0.15, 0.2) is 23.3 Å². The van der Waals surface area contributed by atoms with E-state index in [1.807, 2.05) is 13.8 Å². The van der Waals surface area contributed by atoms with Gasteiger partial charge in [-0.1, -0.05) is 13.8 Å². The minimum Gasteiger partial charge on any atom is -0.310 e. The van der Waals surface area contributed by atoms with Gasteiger partial charge in [0.05, 0.1) is 12.2 Å². The molecule has 1 heterocycles. The van der Waals surface area contributed by atoms with Gasteiger partial charge in [0.25, 0.3) is 0 Å². The van der Waals surface area contributed by atoms with Crippen LogP contribution in [0.2, 0.25) is 0 Å². The Bertz CT molecular complexity index is 574. The van der Waals surface area contributed by atoms with Crippen molar-refractivity contribution in [1.82, 2.24) is 25.5 Å². The second kappa shape index (κ2) is 6.00. The predicted octanol–water partition coefficient (Wildman–Crippen LogP) is 1.83. The summed E-state index contributed by atoms with van der Waals surface area (Å²) >= 11 is 0. The van der Waals surface area contributed by atoms with Crippen molar-refractivity contribution in [3.05, 3.63) is 35.4 Å². The molecular formula is C12H14F3N5. The number of tetrazole rings is 1. The number of hydrogen-bond acceptors (Lipinski definition) is 4. The maximum Gasteiger partial charge on any atom is 0.194 e. The van der Waals surface area contributed by atoms with E-state index >= 15 is 0 Å². The van der Waals surface area contributed by atoms with E-state index < -0.39 is 17.5 Å². The largest absolute Gasteiger partial charge is 0.310 e. The third kappa shape index (κ3) is 3.13. The third-order valence-corrected chi connectivity index (χ3v) is 2.58. The van der Waals surface area contributed by atoms with Gasteiger partial charge in [-0.2, -0.15) is 4.68 Å². The molecule has 1 N–H and O–H groups in total. The smallest absolute Gasteiger partial charge is 0.194 e. The molecule has 0 saturated carbocycles. The average Bonchev–Trinajstić information content (AvgIpc) is 2.83. The SMILES string of the molecule is CC(C)CNCc1nnnn1-c1cc(F)c(F)c(F)c1. The Morgan fingerprint density at radius 1 is 1.20 bits per heavy atom. The highest BCUT2D eigenvalue weighted by Gasteiger charge is 2.15. The summed E-state index contributed by atoms with van der Waals surface area (Å²) in [6.45, 7) is 5.17. The molecule has 0 amide bonds. The minimum atomic E-state index is -1.51. The van der Waals surface area contributed by atoms with Crippen molar-refractivity contribution in [2.75, 3.05) is 6.54 Å². The Morgan fingerprint density at radius 3 is 2.45 bits per heavy atom. The topological polar surface area (TPSA) is 55.6 Å². The quantitative estimate of drug-likeness (QED) is 0.851. The van der Waals surface area contributed by atoms with Gasteiger partial charge < -0.3 is 5.32 Å². The van der Waals surface area contributed by atoms with Crippen LogP contribution in [0.4, 0.5) is 13.2 Å². The molecule has 5 nitrogen and oxygen atoms in total. The summed E-state index contributed by atoms with van der Waals surface area (Å²) in [6, 6.07) is 1.70. The van der Waals surface area contributed by atoms with E-state index in [4.69, 9.17) is 0 Å². The lowest BCUT2D eigenvalue weighted by Gasteiger charge is -2.08. The Balaban J connectivity index is 2.23. The Morgan fingerprint density at radius 2 is 1.85 bits per heavy atom. The van der Waals surface area contributed by atoms with Crippen LogP contribution in [0.3, 0.4) is 0 Å². The maximum atomic E-state index is 13.2. The van der Waals surface area contributed by atoms with Crippen molar-refractivity contribution < 1.29 is 13.2 Å². The number of nitrogens with zero attached hydrogens (tertiary/aromatic N) is 4. The van der Waals surface area contributed by atoms with E-state index in [0.29, 0.717) is 18.3 Å². The number of rotatable bonds is 5. The molecule has 1 aromatic heterocycles. The van der Waals surface area contributed by atoms with Crippen molar-refractivity contribution in [3.63, 3.8) is 0 Å². The van der Waals surface area contributed by atoms with Gasteiger partial charge in [0.1, 0.15) is 0 Å². The fraction of sp³-hybridized carbons (Fsp3) is 0.417. The Kier molecular flexibility index (Phi) is 4.33. The van der Waals surface area contributed by atoms with E-state index in [1.54, 1.807) is 0 Å². The van der Waals surface area contributed by atoms with Crippen molar-refractivity contribution >= 4 is 0 Å². The molecule has 0 aliphatic carbocycles. The van der Waals surface area contributed by atoms with Gasteiger partial charge in [-0.15, -0.1) is 5.10 Å². The molecule has 2 rings (SSSR count). The third-order valence-electron chi connectivity index (χ3n) is 2.58. The van der Waals surface area contributed by atoms with Gasteiger partial charge in [0.2, 0.25) is 0 Å². The molecule has 0 fully saturated rings. The van der Waals surface area contributed by atoms with Crippen LogP contribution in [0.1, 0.15) is 19.7 Å². The molecule has 2 aromatic rings. The van der Waals surface area contributed by atoms with E-state index in [9.17, 15) is 13.2 Å². The van der Waals surface area contributed by atoms with E-state index in [0.717, 1.165) is 18.7 Å². The molecule has 0 aliphatic heterocycles. The van der Waals surface area contributed by atoms with Crippen molar-refractivity contribution in [1.29, 1.82) is 0 Å². The molecule has 20 heavy (non-hydrogen) atoms. The van der Waals surface area contributed by atoms with Crippen LogP contribution in [0.25, 0.3) is 5.69 Å². The van der Waals surface area contributed by atoms with Crippen molar-refractivity contribution in [2.24, 2.45) is 5.92 Å². The zero-order chi connectivity index (χ0) is 14.7. The van der Waals surface area contributed by atoms with Gasteiger partial charge in [0, 0.05) is 12.1 Å². The number of aromatic nitrogens is 4. The van der Waals surface area contributed by atoms with Gasteiger partial charge >= 0.3 is 0 Å². The zero-order valence-corrected chi connectivity index (χ0v) is 11.1. The van der Waals surface area contributed by atoms with Crippen LogP contribution < -0.4 is 5.32 Å². The molecule has 0 aliphatic rings. The lowest BCUT2D eigenvalue weighted by Crippen LogP contribution is -2.21. The van der Waals surface area contributed by atoms with Crippen LogP contribution >= 0.6 is 0 Å². The summed E-state index contributed by atoms with van der Waals surface area (Å²) < 4.78 is 40.5. The summed E-state index contributed by atoms with van der Waals surface area (Å²) in [5.74, 6) is -3.24.